The first-order chi connectivity index (χ1) is 9.36. The number of benzene rings is 1. The second-order valence-corrected chi connectivity index (χ2v) is 5.09. The number of rotatable bonds is 3. The second kappa shape index (κ2) is 5.83. The normalized spacial score (nSPS) is 18.1. The van der Waals surface area contributed by atoms with E-state index in [9.17, 15) is 18.0 Å². The number of nitrogens with zero attached hydrogens (tertiary/aromatic N) is 1. The van der Waals surface area contributed by atoms with Gasteiger partial charge in [-0.05, 0) is 43.6 Å². The Kier molecular flexibility index (Phi) is 4.32. The first kappa shape index (κ1) is 14.8. The third kappa shape index (κ3) is 3.72. The van der Waals surface area contributed by atoms with E-state index in [1.807, 2.05) is 4.90 Å². The van der Waals surface area contributed by atoms with Crippen molar-refractivity contribution in [3.8, 4) is 0 Å². The number of alkyl halides is 3. The molecule has 0 atom stereocenters. The van der Waals surface area contributed by atoms with Gasteiger partial charge in [0.05, 0.1) is 11.5 Å². The molecule has 1 fully saturated rings. The first-order valence-electron chi connectivity index (χ1n) is 6.47. The van der Waals surface area contributed by atoms with E-state index < -0.39 is 18.1 Å². The molecule has 110 valence electrons. The van der Waals surface area contributed by atoms with E-state index >= 15 is 0 Å². The van der Waals surface area contributed by atoms with Gasteiger partial charge in [0.1, 0.15) is 0 Å². The van der Waals surface area contributed by atoms with Crippen LogP contribution in [0.5, 0.6) is 0 Å². The molecule has 1 N–H and O–H groups in total. The number of carboxylic acids is 1. The molecule has 0 aromatic heterocycles. The molecule has 0 bridgehead atoms. The van der Waals surface area contributed by atoms with E-state index in [0.717, 1.165) is 5.56 Å². The van der Waals surface area contributed by atoms with Gasteiger partial charge in [-0.2, -0.15) is 13.2 Å². The summed E-state index contributed by atoms with van der Waals surface area (Å²) >= 11 is 0. The minimum atomic E-state index is -4.09. The standard InChI is InChI=1S/C14H16F3NO2/c15-14(16,17)12-5-7-18(8-6-12)9-10-1-3-11(4-2-10)13(19)20/h1-4,12H,5-9H2,(H,19,20). The lowest BCUT2D eigenvalue weighted by Crippen LogP contribution is -2.38. The fraction of sp³-hybridized carbons (Fsp3) is 0.500. The monoisotopic (exact) mass is 287 g/mol. The number of hydrogen-bond donors (Lipinski definition) is 1. The summed E-state index contributed by atoms with van der Waals surface area (Å²) < 4.78 is 37.6. The molecule has 6 heteroatoms. The molecule has 1 aliphatic heterocycles. The van der Waals surface area contributed by atoms with E-state index in [1.54, 1.807) is 12.1 Å². The molecular weight excluding hydrogens is 271 g/mol. The predicted molar refractivity (Wildman–Crippen MR) is 67.5 cm³/mol. The SMILES string of the molecule is O=C(O)c1ccc(CN2CCC(C(F)(F)F)CC2)cc1. The van der Waals surface area contributed by atoms with Crippen LogP contribution in [0.15, 0.2) is 24.3 Å². The summed E-state index contributed by atoms with van der Waals surface area (Å²) in [7, 11) is 0. The lowest BCUT2D eigenvalue weighted by atomic mass is 9.96. The highest BCUT2D eigenvalue weighted by Crippen LogP contribution is 2.34. The number of carbonyl (C=O) groups is 1. The van der Waals surface area contributed by atoms with Gasteiger partial charge in [0.25, 0.3) is 0 Å². The maximum absolute atomic E-state index is 12.5. The highest BCUT2D eigenvalue weighted by atomic mass is 19.4. The minimum absolute atomic E-state index is 0.136. The van der Waals surface area contributed by atoms with E-state index in [2.05, 4.69) is 0 Å². The van der Waals surface area contributed by atoms with Gasteiger partial charge in [-0.3, -0.25) is 4.90 Å². The maximum Gasteiger partial charge on any atom is 0.391 e. The number of piperidine rings is 1. The Hall–Kier alpha value is -1.56. The van der Waals surface area contributed by atoms with Crippen molar-refractivity contribution in [1.29, 1.82) is 0 Å². The van der Waals surface area contributed by atoms with Crippen LogP contribution in [-0.2, 0) is 6.54 Å². The van der Waals surface area contributed by atoms with Crippen LogP contribution in [0.4, 0.5) is 13.2 Å². The molecule has 1 aliphatic rings. The summed E-state index contributed by atoms with van der Waals surface area (Å²) in [5.74, 6) is -2.17. The number of carboxylic acid groups (broad SMARTS) is 1. The Labute approximate surface area is 115 Å². The largest absolute Gasteiger partial charge is 0.478 e. The van der Waals surface area contributed by atoms with Crippen molar-refractivity contribution < 1.29 is 23.1 Å². The average molecular weight is 287 g/mol. The molecule has 1 aromatic rings. The fourth-order valence-electron chi connectivity index (χ4n) is 2.43. The third-order valence-electron chi connectivity index (χ3n) is 3.66. The van der Waals surface area contributed by atoms with Crippen molar-refractivity contribution in [1.82, 2.24) is 4.90 Å². The summed E-state index contributed by atoms with van der Waals surface area (Å²) in [6.07, 6.45) is -3.82. The van der Waals surface area contributed by atoms with Crippen molar-refractivity contribution in [3.63, 3.8) is 0 Å². The minimum Gasteiger partial charge on any atom is -0.478 e. The Bertz CT molecular complexity index is 462. The topological polar surface area (TPSA) is 40.5 Å². The number of likely N-dealkylation sites (tertiary alicyclic amines) is 1. The number of aromatic carboxylic acids is 1. The van der Waals surface area contributed by atoms with Crippen LogP contribution in [-0.4, -0.2) is 35.2 Å². The summed E-state index contributed by atoms with van der Waals surface area (Å²) in [5.41, 5.74) is 1.13. The zero-order valence-electron chi connectivity index (χ0n) is 10.9. The molecule has 1 saturated heterocycles. The molecule has 0 spiro atoms. The quantitative estimate of drug-likeness (QED) is 0.928. The predicted octanol–water partition coefficient (Wildman–Crippen LogP) is 3.16. The van der Waals surface area contributed by atoms with E-state index in [0.29, 0.717) is 19.6 Å². The Morgan fingerprint density at radius 2 is 1.75 bits per heavy atom. The Morgan fingerprint density at radius 3 is 2.20 bits per heavy atom. The number of halogens is 3. The third-order valence-corrected chi connectivity index (χ3v) is 3.66. The van der Waals surface area contributed by atoms with Crippen LogP contribution < -0.4 is 0 Å². The summed E-state index contributed by atoms with van der Waals surface area (Å²) in [6.45, 7) is 1.40. The Balaban J connectivity index is 1.88. The summed E-state index contributed by atoms with van der Waals surface area (Å²) in [5, 5.41) is 8.79. The number of hydrogen-bond acceptors (Lipinski definition) is 2. The lowest BCUT2D eigenvalue weighted by molar-refractivity contribution is -0.185. The molecule has 2 rings (SSSR count). The molecule has 0 saturated carbocycles. The smallest absolute Gasteiger partial charge is 0.391 e. The molecule has 0 aliphatic carbocycles. The molecule has 1 heterocycles. The van der Waals surface area contributed by atoms with Gasteiger partial charge in [0, 0.05) is 6.54 Å². The summed E-state index contributed by atoms with van der Waals surface area (Å²) in [4.78, 5) is 12.7. The molecule has 3 nitrogen and oxygen atoms in total. The molecule has 0 radical (unpaired) electrons. The van der Waals surface area contributed by atoms with Gasteiger partial charge in [0.15, 0.2) is 0 Å². The average Bonchev–Trinajstić information content (AvgIpc) is 2.39. The lowest BCUT2D eigenvalue weighted by Gasteiger charge is -2.32. The van der Waals surface area contributed by atoms with Crippen LogP contribution in [0.25, 0.3) is 0 Å². The van der Waals surface area contributed by atoms with Gasteiger partial charge >= 0.3 is 12.1 Å². The molecule has 0 unspecified atom stereocenters. The van der Waals surface area contributed by atoms with Crippen LogP contribution in [0, 0.1) is 5.92 Å². The molecular formula is C14H16F3NO2. The van der Waals surface area contributed by atoms with Crippen LogP contribution >= 0.6 is 0 Å². The molecule has 20 heavy (non-hydrogen) atoms. The molecule has 0 amide bonds. The van der Waals surface area contributed by atoms with Crippen molar-refractivity contribution in [3.05, 3.63) is 35.4 Å². The van der Waals surface area contributed by atoms with Crippen molar-refractivity contribution >= 4 is 5.97 Å². The second-order valence-electron chi connectivity index (χ2n) is 5.09. The van der Waals surface area contributed by atoms with Gasteiger partial charge in [-0.15, -0.1) is 0 Å². The van der Waals surface area contributed by atoms with Gasteiger partial charge < -0.3 is 5.11 Å². The molecule has 1 aromatic carbocycles. The fourth-order valence-corrected chi connectivity index (χ4v) is 2.43. The zero-order valence-corrected chi connectivity index (χ0v) is 10.9. The first-order valence-corrected chi connectivity index (χ1v) is 6.47. The van der Waals surface area contributed by atoms with Gasteiger partial charge in [-0.1, -0.05) is 12.1 Å². The zero-order chi connectivity index (χ0) is 14.8. The van der Waals surface area contributed by atoms with Crippen LogP contribution in [0.3, 0.4) is 0 Å². The summed E-state index contributed by atoms with van der Waals surface area (Å²) in [6, 6.07) is 6.44. The van der Waals surface area contributed by atoms with Gasteiger partial charge in [0.2, 0.25) is 0 Å². The van der Waals surface area contributed by atoms with E-state index in [1.165, 1.54) is 12.1 Å². The van der Waals surface area contributed by atoms with Crippen LogP contribution in [0.1, 0.15) is 28.8 Å². The van der Waals surface area contributed by atoms with E-state index in [-0.39, 0.29) is 18.4 Å². The maximum atomic E-state index is 12.5. The van der Waals surface area contributed by atoms with Gasteiger partial charge in [-0.25, -0.2) is 4.79 Å². The van der Waals surface area contributed by atoms with E-state index in [4.69, 9.17) is 5.11 Å². The van der Waals surface area contributed by atoms with Crippen LogP contribution in [0.2, 0.25) is 0 Å². The Morgan fingerprint density at radius 1 is 1.20 bits per heavy atom. The highest BCUT2D eigenvalue weighted by Gasteiger charge is 2.40. The van der Waals surface area contributed by atoms with Crippen molar-refractivity contribution in [2.45, 2.75) is 25.6 Å². The van der Waals surface area contributed by atoms with Crippen molar-refractivity contribution in [2.75, 3.05) is 13.1 Å². The highest BCUT2D eigenvalue weighted by molar-refractivity contribution is 5.87. The van der Waals surface area contributed by atoms with Crippen molar-refractivity contribution in [2.24, 2.45) is 5.92 Å².